The molecule has 1 aromatic rings. The minimum atomic E-state index is -3.41. The van der Waals surface area contributed by atoms with E-state index >= 15 is 0 Å². The van der Waals surface area contributed by atoms with Crippen molar-refractivity contribution < 1.29 is 8.42 Å². The lowest BCUT2D eigenvalue weighted by Crippen LogP contribution is -2.38. The zero-order valence-corrected chi connectivity index (χ0v) is 14.6. The summed E-state index contributed by atoms with van der Waals surface area (Å²) in [5, 5.41) is 5.12. The SMILES string of the molecule is CC(C)NCc1sccc1S(=O)(=O)NCC1CCCN1C. The van der Waals surface area contributed by atoms with Crippen LogP contribution in [0.25, 0.3) is 0 Å². The monoisotopic (exact) mass is 331 g/mol. The van der Waals surface area contributed by atoms with Gasteiger partial charge in [-0.1, -0.05) is 13.8 Å². The molecule has 120 valence electrons. The lowest BCUT2D eigenvalue weighted by atomic mass is 10.2. The Hall–Kier alpha value is -0.470. The van der Waals surface area contributed by atoms with Crippen LogP contribution in [0.1, 0.15) is 31.6 Å². The van der Waals surface area contributed by atoms with Crippen LogP contribution in [0.5, 0.6) is 0 Å². The summed E-state index contributed by atoms with van der Waals surface area (Å²) in [7, 11) is -1.36. The smallest absolute Gasteiger partial charge is 0.241 e. The maximum absolute atomic E-state index is 12.5. The Kier molecular flexibility index (Phi) is 5.79. The van der Waals surface area contributed by atoms with Gasteiger partial charge >= 0.3 is 0 Å². The molecule has 0 bridgehead atoms. The molecule has 1 unspecified atom stereocenters. The van der Waals surface area contributed by atoms with E-state index in [-0.39, 0.29) is 0 Å². The molecular weight excluding hydrogens is 306 g/mol. The lowest BCUT2D eigenvalue weighted by molar-refractivity contribution is 0.311. The molecule has 21 heavy (non-hydrogen) atoms. The Morgan fingerprint density at radius 3 is 2.86 bits per heavy atom. The molecule has 0 aliphatic carbocycles. The molecule has 1 saturated heterocycles. The van der Waals surface area contributed by atoms with Gasteiger partial charge in [-0.15, -0.1) is 11.3 Å². The van der Waals surface area contributed by atoms with Gasteiger partial charge in [0.2, 0.25) is 10.0 Å². The Balaban J connectivity index is 2.00. The summed E-state index contributed by atoms with van der Waals surface area (Å²) in [6.07, 6.45) is 2.20. The van der Waals surface area contributed by atoms with Crippen LogP contribution in [0, 0.1) is 0 Å². The third kappa shape index (κ3) is 4.50. The second-order valence-corrected chi connectivity index (χ2v) is 8.61. The number of hydrogen-bond acceptors (Lipinski definition) is 5. The van der Waals surface area contributed by atoms with Gasteiger partial charge in [-0.3, -0.25) is 0 Å². The van der Waals surface area contributed by atoms with Gasteiger partial charge in [0.05, 0.1) is 4.90 Å². The zero-order valence-electron chi connectivity index (χ0n) is 12.9. The second kappa shape index (κ2) is 7.19. The van der Waals surface area contributed by atoms with Crippen LogP contribution in [0.4, 0.5) is 0 Å². The molecule has 1 atom stereocenters. The molecule has 5 nitrogen and oxygen atoms in total. The van der Waals surface area contributed by atoms with Gasteiger partial charge in [0.1, 0.15) is 0 Å². The highest BCUT2D eigenvalue weighted by molar-refractivity contribution is 7.89. The van der Waals surface area contributed by atoms with Gasteiger partial charge in [-0.25, -0.2) is 13.1 Å². The van der Waals surface area contributed by atoms with Crippen molar-refractivity contribution in [1.29, 1.82) is 0 Å². The van der Waals surface area contributed by atoms with E-state index in [1.807, 2.05) is 5.38 Å². The predicted octanol–water partition coefficient (Wildman–Crippen LogP) is 1.62. The molecule has 1 aliphatic rings. The van der Waals surface area contributed by atoms with E-state index in [4.69, 9.17) is 0 Å². The van der Waals surface area contributed by atoms with Crippen molar-refractivity contribution in [2.75, 3.05) is 20.1 Å². The van der Waals surface area contributed by atoms with Gasteiger partial charge in [-0.2, -0.15) is 0 Å². The summed E-state index contributed by atoms with van der Waals surface area (Å²) in [5.74, 6) is 0. The highest BCUT2D eigenvalue weighted by atomic mass is 32.2. The molecule has 2 rings (SSSR count). The highest BCUT2D eigenvalue weighted by Crippen LogP contribution is 2.22. The molecule has 7 heteroatoms. The molecule has 0 radical (unpaired) electrons. The first-order valence-corrected chi connectivity index (χ1v) is 9.76. The highest BCUT2D eigenvalue weighted by Gasteiger charge is 2.25. The van der Waals surface area contributed by atoms with Crippen LogP contribution in [-0.4, -0.2) is 45.5 Å². The van der Waals surface area contributed by atoms with E-state index in [0.717, 1.165) is 24.3 Å². The van der Waals surface area contributed by atoms with Crippen molar-refractivity contribution >= 4 is 21.4 Å². The van der Waals surface area contributed by atoms with Crippen LogP contribution in [-0.2, 0) is 16.6 Å². The quantitative estimate of drug-likeness (QED) is 0.797. The minimum absolute atomic E-state index is 0.315. The fourth-order valence-electron chi connectivity index (χ4n) is 2.51. The Morgan fingerprint density at radius 2 is 2.24 bits per heavy atom. The summed E-state index contributed by atoms with van der Waals surface area (Å²) in [5.41, 5.74) is 0. The molecule has 0 aromatic carbocycles. The zero-order chi connectivity index (χ0) is 15.5. The molecule has 2 heterocycles. The maximum atomic E-state index is 12.5. The van der Waals surface area contributed by atoms with Crippen molar-refractivity contribution in [2.45, 2.75) is 50.2 Å². The number of rotatable bonds is 7. The first-order chi connectivity index (χ1) is 9.90. The number of hydrogen-bond donors (Lipinski definition) is 2. The van der Waals surface area contributed by atoms with E-state index in [9.17, 15) is 8.42 Å². The van der Waals surface area contributed by atoms with Crippen molar-refractivity contribution in [3.8, 4) is 0 Å². The van der Waals surface area contributed by atoms with Crippen LogP contribution in [0.3, 0.4) is 0 Å². The van der Waals surface area contributed by atoms with Gasteiger partial charge in [0.15, 0.2) is 0 Å². The van der Waals surface area contributed by atoms with Crippen LogP contribution >= 0.6 is 11.3 Å². The molecule has 1 aliphatic heterocycles. The predicted molar refractivity (Wildman–Crippen MR) is 87.1 cm³/mol. The van der Waals surface area contributed by atoms with Gasteiger partial charge < -0.3 is 10.2 Å². The first kappa shape index (κ1) is 16.9. The second-order valence-electron chi connectivity index (χ2n) is 5.87. The summed E-state index contributed by atoms with van der Waals surface area (Å²) in [6.45, 7) is 6.24. The summed E-state index contributed by atoms with van der Waals surface area (Å²) in [6, 6.07) is 2.35. The van der Waals surface area contributed by atoms with Crippen molar-refractivity contribution in [1.82, 2.24) is 14.9 Å². The fraction of sp³-hybridized carbons (Fsp3) is 0.714. The average molecular weight is 332 g/mol. The molecule has 0 saturated carbocycles. The molecule has 1 aromatic heterocycles. The number of nitrogens with one attached hydrogen (secondary N) is 2. The third-order valence-corrected chi connectivity index (χ3v) is 6.40. The third-order valence-electron chi connectivity index (χ3n) is 3.85. The number of likely N-dealkylation sites (tertiary alicyclic amines) is 1. The molecule has 0 spiro atoms. The normalized spacial score (nSPS) is 20.5. The first-order valence-electron chi connectivity index (χ1n) is 7.40. The van der Waals surface area contributed by atoms with E-state index in [0.29, 0.717) is 30.1 Å². The van der Waals surface area contributed by atoms with Gasteiger partial charge in [0, 0.05) is 30.1 Å². The van der Waals surface area contributed by atoms with Gasteiger partial charge in [-0.05, 0) is 37.9 Å². The topological polar surface area (TPSA) is 61.4 Å². The number of likely N-dealkylation sites (N-methyl/N-ethyl adjacent to an activating group) is 1. The minimum Gasteiger partial charge on any atom is -0.310 e. The summed E-state index contributed by atoms with van der Waals surface area (Å²) < 4.78 is 27.7. The van der Waals surface area contributed by atoms with Gasteiger partial charge in [0.25, 0.3) is 0 Å². The molecule has 0 amide bonds. The number of thiophene rings is 1. The number of nitrogens with zero attached hydrogens (tertiary/aromatic N) is 1. The summed E-state index contributed by atoms with van der Waals surface area (Å²) >= 11 is 1.48. The molecular formula is C14H25N3O2S2. The van der Waals surface area contributed by atoms with Crippen molar-refractivity contribution in [3.05, 3.63) is 16.3 Å². The van der Waals surface area contributed by atoms with E-state index in [2.05, 4.69) is 35.8 Å². The fourth-order valence-corrected chi connectivity index (χ4v) is 4.98. The van der Waals surface area contributed by atoms with Crippen LogP contribution in [0.2, 0.25) is 0 Å². The van der Waals surface area contributed by atoms with E-state index < -0.39 is 10.0 Å². The standard InChI is InChI=1S/C14H25N3O2S2/c1-11(2)15-10-13-14(6-8-20-13)21(18,19)16-9-12-5-4-7-17(12)3/h6,8,11-12,15-16H,4-5,7,9-10H2,1-3H3. The number of sulfonamides is 1. The van der Waals surface area contributed by atoms with Crippen LogP contribution in [0.15, 0.2) is 16.3 Å². The average Bonchev–Trinajstić information content (AvgIpc) is 3.03. The Bertz CT molecular complexity index is 554. The largest absolute Gasteiger partial charge is 0.310 e. The molecule has 2 N–H and O–H groups in total. The lowest BCUT2D eigenvalue weighted by Gasteiger charge is -2.19. The van der Waals surface area contributed by atoms with E-state index in [1.165, 1.54) is 11.3 Å². The van der Waals surface area contributed by atoms with E-state index in [1.54, 1.807) is 6.07 Å². The summed E-state index contributed by atoms with van der Waals surface area (Å²) in [4.78, 5) is 3.51. The van der Waals surface area contributed by atoms with Crippen molar-refractivity contribution in [3.63, 3.8) is 0 Å². The Morgan fingerprint density at radius 1 is 1.48 bits per heavy atom. The van der Waals surface area contributed by atoms with Crippen LogP contribution < -0.4 is 10.0 Å². The van der Waals surface area contributed by atoms with Crippen molar-refractivity contribution in [2.24, 2.45) is 0 Å². The molecule has 1 fully saturated rings. The Labute approximate surface area is 131 Å². The maximum Gasteiger partial charge on any atom is 0.241 e.